The number of hydrogen-bond acceptors (Lipinski definition) is 5. The first kappa shape index (κ1) is 16.1. The molecule has 2 heterocycles. The maximum absolute atomic E-state index is 10.3. The molecule has 5 nitrogen and oxygen atoms in total. The Bertz CT molecular complexity index is 744. The number of fused-ring (bicyclic) bond motifs is 1. The molecule has 2 aliphatic heterocycles. The molecule has 2 aromatic carbocycles. The molecule has 0 unspecified atom stereocenters. The number of ether oxygens (including phenoxy) is 3. The van der Waals surface area contributed by atoms with Crippen LogP contribution in [-0.2, 0) is 6.54 Å². The maximum atomic E-state index is 10.3. The molecule has 0 bridgehead atoms. The Kier molecular flexibility index (Phi) is 4.40. The molecule has 0 amide bonds. The summed E-state index contributed by atoms with van der Waals surface area (Å²) in [6.45, 7) is 4.60. The van der Waals surface area contributed by atoms with Crippen molar-refractivity contribution in [3.63, 3.8) is 0 Å². The summed E-state index contributed by atoms with van der Waals surface area (Å²) in [5, 5.41) is 10.3. The van der Waals surface area contributed by atoms with Crippen LogP contribution in [0.2, 0.25) is 0 Å². The molecule has 0 aromatic heterocycles. The fourth-order valence-electron chi connectivity index (χ4n) is 3.66. The molecule has 1 atom stereocenters. The van der Waals surface area contributed by atoms with Crippen molar-refractivity contribution in [1.29, 1.82) is 0 Å². The molecule has 2 aliphatic rings. The van der Waals surface area contributed by atoms with Gasteiger partial charge in [-0.05, 0) is 50.1 Å². The van der Waals surface area contributed by atoms with Gasteiger partial charge >= 0.3 is 0 Å². The van der Waals surface area contributed by atoms with Crippen molar-refractivity contribution in [1.82, 2.24) is 4.90 Å². The van der Waals surface area contributed by atoms with Crippen LogP contribution in [0.25, 0.3) is 0 Å². The van der Waals surface area contributed by atoms with Crippen molar-refractivity contribution >= 4 is 0 Å². The number of hydrogen-bond donors (Lipinski definition) is 1. The third kappa shape index (κ3) is 3.24. The minimum absolute atomic E-state index is 0.219. The van der Waals surface area contributed by atoms with Crippen molar-refractivity contribution in [3.05, 3.63) is 47.5 Å². The summed E-state index contributed by atoms with van der Waals surface area (Å²) < 4.78 is 16.3. The highest BCUT2D eigenvalue weighted by Crippen LogP contribution is 2.40. The number of rotatable bonds is 5. The lowest BCUT2D eigenvalue weighted by Crippen LogP contribution is -2.22. The molecule has 2 aromatic rings. The van der Waals surface area contributed by atoms with E-state index in [0.29, 0.717) is 30.7 Å². The van der Waals surface area contributed by atoms with Gasteiger partial charge in [0.2, 0.25) is 6.79 Å². The molecule has 0 radical (unpaired) electrons. The topological polar surface area (TPSA) is 51.2 Å². The summed E-state index contributed by atoms with van der Waals surface area (Å²) in [5.74, 6) is 2.50. The second kappa shape index (κ2) is 6.84. The van der Waals surface area contributed by atoms with Gasteiger partial charge in [0.15, 0.2) is 11.5 Å². The number of nitrogens with zero attached hydrogens (tertiary/aromatic N) is 1. The highest BCUT2D eigenvalue weighted by atomic mass is 16.7. The van der Waals surface area contributed by atoms with Gasteiger partial charge in [0.05, 0.1) is 6.61 Å². The number of benzene rings is 2. The van der Waals surface area contributed by atoms with Gasteiger partial charge < -0.3 is 19.3 Å². The Hall–Kier alpha value is -2.40. The summed E-state index contributed by atoms with van der Waals surface area (Å²) >= 11 is 0. The van der Waals surface area contributed by atoms with Crippen LogP contribution in [0, 0.1) is 0 Å². The fraction of sp³-hybridized carbons (Fsp3) is 0.400. The molecule has 1 N–H and O–H groups in total. The molecule has 1 saturated heterocycles. The average Bonchev–Trinajstić information content (AvgIpc) is 3.25. The fourth-order valence-corrected chi connectivity index (χ4v) is 3.66. The second-order valence-electron chi connectivity index (χ2n) is 6.46. The van der Waals surface area contributed by atoms with Crippen LogP contribution in [0.4, 0.5) is 0 Å². The number of phenolic OH excluding ortho intramolecular Hbond substituents is 1. The van der Waals surface area contributed by atoms with Gasteiger partial charge in [-0.2, -0.15) is 0 Å². The van der Waals surface area contributed by atoms with E-state index in [0.717, 1.165) is 30.7 Å². The Labute approximate surface area is 147 Å². The van der Waals surface area contributed by atoms with Crippen LogP contribution >= 0.6 is 0 Å². The SMILES string of the molecule is CCOc1ccc([C@H]2CCCN2Cc2cc3c(cc2O)OCO3)cc1. The van der Waals surface area contributed by atoms with Crippen molar-refractivity contribution in [2.24, 2.45) is 0 Å². The van der Waals surface area contributed by atoms with Crippen molar-refractivity contribution in [2.75, 3.05) is 19.9 Å². The molecular weight excluding hydrogens is 318 g/mol. The van der Waals surface area contributed by atoms with Crippen molar-refractivity contribution < 1.29 is 19.3 Å². The predicted octanol–water partition coefficient (Wildman–Crippen LogP) is 3.86. The second-order valence-corrected chi connectivity index (χ2v) is 6.46. The van der Waals surface area contributed by atoms with Crippen molar-refractivity contribution in [2.45, 2.75) is 32.4 Å². The summed E-state index contributed by atoms with van der Waals surface area (Å²) in [4.78, 5) is 2.41. The van der Waals surface area contributed by atoms with E-state index in [1.165, 1.54) is 5.56 Å². The minimum atomic E-state index is 0.219. The highest BCUT2D eigenvalue weighted by Gasteiger charge is 2.27. The van der Waals surface area contributed by atoms with E-state index in [-0.39, 0.29) is 12.5 Å². The summed E-state index contributed by atoms with van der Waals surface area (Å²) in [6, 6.07) is 12.3. The van der Waals surface area contributed by atoms with Gasteiger partial charge in [0.1, 0.15) is 11.5 Å². The molecule has 25 heavy (non-hydrogen) atoms. The van der Waals surface area contributed by atoms with Gasteiger partial charge in [-0.3, -0.25) is 4.90 Å². The largest absolute Gasteiger partial charge is 0.507 e. The zero-order valence-corrected chi connectivity index (χ0v) is 14.4. The lowest BCUT2D eigenvalue weighted by molar-refractivity contribution is 0.173. The van der Waals surface area contributed by atoms with Crippen molar-refractivity contribution in [3.8, 4) is 23.0 Å². The molecule has 0 saturated carbocycles. The van der Waals surface area contributed by atoms with Gasteiger partial charge in [-0.25, -0.2) is 0 Å². The van der Waals surface area contributed by atoms with Gasteiger partial charge in [-0.1, -0.05) is 12.1 Å². The van der Waals surface area contributed by atoms with Gasteiger partial charge in [0.25, 0.3) is 0 Å². The first-order valence-corrected chi connectivity index (χ1v) is 8.83. The van der Waals surface area contributed by atoms with Crippen LogP contribution in [0.5, 0.6) is 23.0 Å². The van der Waals surface area contributed by atoms with E-state index in [9.17, 15) is 5.11 Å². The Morgan fingerprint density at radius 1 is 1.16 bits per heavy atom. The lowest BCUT2D eigenvalue weighted by Gasteiger charge is -2.25. The average molecular weight is 341 g/mol. The number of phenols is 1. The minimum Gasteiger partial charge on any atom is -0.507 e. The third-order valence-electron chi connectivity index (χ3n) is 4.89. The van der Waals surface area contributed by atoms with E-state index in [2.05, 4.69) is 17.0 Å². The van der Waals surface area contributed by atoms with Gasteiger partial charge in [-0.15, -0.1) is 0 Å². The molecule has 4 rings (SSSR count). The molecule has 0 spiro atoms. The van der Waals surface area contributed by atoms with Crippen LogP contribution in [-0.4, -0.2) is 30.0 Å². The quantitative estimate of drug-likeness (QED) is 0.895. The Morgan fingerprint density at radius 2 is 1.92 bits per heavy atom. The standard InChI is InChI=1S/C20H23NO4/c1-2-23-16-7-5-14(6-8-16)17-4-3-9-21(17)12-15-10-19-20(11-18(15)22)25-13-24-19/h5-8,10-11,17,22H,2-4,9,12-13H2,1H3/t17-/m1/s1. The number of likely N-dealkylation sites (tertiary alicyclic amines) is 1. The molecular formula is C20H23NO4. The lowest BCUT2D eigenvalue weighted by atomic mass is 10.0. The van der Waals surface area contributed by atoms with Crippen LogP contribution in [0.15, 0.2) is 36.4 Å². The maximum Gasteiger partial charge on any atom is 0.231 e. The van der Waals surface area contributed by atoms with E-state index in [1.54, 1.807) is 6.07 Å². The number of aromatic hydroxyl groups is 1. The van der Waals surface area contributed by atoms with E-state index in [4.69, 9.17) is 14.2 Å². The van der Waals surface area contributed by atoms with Gasteiger partial charge in [0, 0.05) is 24.2 Å². The first-order chi connectivity index (χ1) is 12.2. The van der Waals surface area contributed by atoms with Crippen LogP contribution in [0.1, 0.15) is 36.9 Å². The monoisotopic (exact) mass is 341 g/mol. The van der Waals surface area contributed by atoms with Crippen LogP contribution < -0.4 is 14.2 Å². The van der Waals surface area contributed by atoms with E-state index in [1.807, 2.05) is 25.1 Å². The summed E-state index contributed by atoms with van der Waals surface area (Å²) in [5.41, 5.74) is 2.17. The zero-order valence-electron chi connectivity index (χ0n) is 14.4. The molecule has 1 fully saturated rings. The van der Waals surface area contributed by atoms with E-state index >= 15 is 0 Å². The molecule has 5 heteroatoms. The Balaban J connectivity index is 1.52. The smallest absolute Gasteiger partial charge is 0.231 e. The highest BCUT2D eigenvalue weighted by molar-refractivity contribution is 5.51. The van der Waals surface area contributed by atoms with Crippen LogP contribution in [0.3, 0.4) is 0 Å². The normalized spacial score (nSPS) is 19.3. The third-order valence-corrected chi connectivity index (χ3v) is 4.89. The van der Waals surface area contributed by atoms with E-state index < -0.39 is 0 Å². The Morgan fingerprint density at radius 3 is 2.68 bits per heavy atom. The zero-order chi connectivity index (χ0) is 17.2. The molecule has 0 aliphatic carbocycles. The predicted molar refractivity (Wildman–Crippen MR) is 94.2 cm³/mol. The summed E-state index contributed by atoms with van der Waals surface area (Å²) in [7, 11) is 0. The molecule has 132 valence electrons. The first-order valence-electron chi connectivity index (χ1n) is 8.83. The summed E-state index contributed by atoms with van der Waals surface area (Å²) in [6.07, 6.45) is 2.28.